The summed E-state index contributed by atoms with van der Waals surface area (Å²) >= 11 is 13.6. The SMILES string of the molecule is OC(Cc1nc2ccccc2s1)c1cc(Cl)ccc1Cl. The number of nitrogens with zero attached hydrogens (tertiary/aromatic N) is 1. The van der Waals surface area contributed by atoms with E-state index in [2.05, 4.69) is 4.98 Å². The molecule has 2 aromatic carbocycles. The first kappa shape index (κ1) is 13.8. The Morgan fingerprint density at radius 2 is 1.95 bits per heavy atom. The molecule has 0 aliphatic rings. The number of benzene rings is 2. The molecule has 0 aliphatic carbocycles. The minimum Gasteiger partial charge on any atom is -0.388 e. The first-order valence-corrected chi connectivity index (χ1v) is 7.68. The van der Waals surface area contributed by atoms with Crippen LogP contribution in [0.25, 0.3) is 10.2 Å². The lowest BCUT2D eigenvalue weighted by Crippen LogP contribution is -2.02. The maximum absolute atomic E-state index is 10.3. The van der Waals surface area contributed by atoms with E-state index in [-0.39, 0.29) is 0 Å². The highest BCUT2D eigenvalue weighted by molar-refractivity contribution is 7.18. The van der Waals surface area contributed by atoms with Gasteiger partial charge in [-0.2, -0.15) is 0 Å². The van der Waals surface area contributed by atoms with Crippen LogP contribution in [0.15, 0.2) is 42.5 Å². The van der Waals surface area contributed by atoms with Crippen LogP contribution in [0.2, 0.25) is 10.0 Å². The van der Waals surface area contributed by atoms with Crippen molar-refractivity contribution in [3.63, 3.8) is 0 Å². The maximum atomic E-state index is 10.3. The van der Waals surface area contributed by atoms with Gasteiger partial charge in [-0.1, -0.05) is 35.3 Å². The van der Waals surface area contributed by atoms with Gasteiger partial charge in [-0.15, -0.1) is 11.3 Å². The van der Waals surface area contributed by atoms with Crippen molar-refractivity contribution >= 4 is 44.8 Å². The molecule has 0 radical (unpaired) electrons. The number of aromatic nitrogens is 1. The van der Waals surface area contributed by atoms with Crippen molar-refractivity contribution in [1.82, 2.24) is 4.98 Å². The van der Waals surface area contributed by atoms with Crippen molar-refractivity contribution in [2.75, 3.05) is 0 Å². The van der Waals surface area contributed by atoms with Gasteiger partial charge >= 0.3 is 0 Å². The smallest absolute Gasteiger partial charge is 0.0967 e. The van der Waals surface area contributed by atoms with Gasteiger partial charge in [0.15, 0.2) is 0 Å². The van der Waals surface area contributed by atoms with E-state index < -0.39 is 6.10 Å². The summed E-state index contributed by atoms with van der Waals surface area (Å²) in [6.45, 7) is 0. The molecular formula is C15H11Cl2NOS. The van der Waals surface area contributed by atoms with Crippen molar-refractivity contribution in [3.8, 4) is 0 Å². The van der Waals surface area contributed by atoms with Gasteiger partial charge in [0, 0.05) is 22.0 Å². The highest BCUT2D eigenvalue weighted by atomic mass is 35.5. The number of thiazole rings is 1. The van der Waals surface area contributed by atoms with Crippen molar-refractivity contribution < 1.29 is 5.11 Å². The van der Waals surface area contributed by atoms with Crippen molar-refractivity contribution in [1.29, 1.82) is 0 Å². The predicted octanol–water partition coefficient (Wildman–Crippen LogP) is 4.88. The zero-order chi connectivity index (χ0) is 14.1. The van der Waals surface area contributed by atoms with E-state index in [1.54, 1.807) is 29.5 Å². The third-order valence-electron chi connectivity index (χ3n) is 3.02. The molecule has 1 atom stereocenters. The number of hydrogen-bond acceptors (Lipinski definition) is 3. The number of rotatable bonds is 3. The van der Waals surface area contributed by atoms with E-state index >= 15 is 0 Å². The molecular weight excluding hydrogens is 313 g/mol. The van der Waals surface area contributed by atoms with E-state index in [9.17, 15) is 5.11 Å². The van der Waals surface area contributed by atoms with E-state index in [0.717, 1.165) is 15.2 Å². The summed E-state index contributed by atoms with van der Waals surface area (Å²) < 4.78 is 1.12. The molecule has 20 heavy (non-hydrogen) atoms. The second-order valence-corrected chi connectivity index (χ2v) is 6.42. The normalized spacial score (nSPS) is 12.8. The molecule has 1 unspecified atom stereocenters. The third-order valence-corrected chi connectivity index (χ3v) is 4.66. The fraction of sp³-hybridized carbons (Fsp3) is 0.133. The Kier molecular flexibility index (Phi) is 3.94. The van der Waals surface area contributed by atoms with Crippen molar-refractivity contribution in [2.45, 2.75) is 12.5 Å². The van der Waals surface area contributed by atoms with Crippen LogP contribution in [0.4, 0.5) is 0 Å². The molecule has 3 rings (SSSR count). The predicted molar refractivity (Wildman–Crippen MR) is 84.7 cm³/mol. The molecule has 0 aliphatic heterocycles. The molecule has 0 amide bonds. The summed E-state index contributed by atoms with van der Waals surface area (Å²) in [5.74, 6) is 0. The van der Waals surface area contributed by atoms with Gasteiger partial charge in [-0.25, -0.2) is 4.98 Å². The average molecular weight is 324 g/mol. The minimum absolute atomic E-state index is 0.430. The lowest BCUT2D eigenvalue weighted by atomic mass is 10.1. The zero-order valence-electron chi connectivity index (χ0n) is 10.4. The molecule has 2 nitrogen and oxygen atoms in total. The lowest BCUT2D eigenvalue weighted by molar-refractivity contribution is 0.178. The van der Waals surface area contributed by atoms with Gasteiger partial charge in [0.25, 0.3) is 0 Å². The molecule has 0 fully saturated rings. The summed E-state index contributed by atoms with van der Waals surface area (Å²) in [7, 11) is 0. The maximum Gasteiger partial charge on any atom is 0.0967 e. The monoisotopic (exact) mass is 323 g/mol. The van der Waals surface area contributed by atoms with E-state index in [1.807, 2.05) is 24.3 Å². The van der Waals surface area contributed by atoms with Crippen LogP contribution in [0, 0.1) is 0 Å². The summed E-state index contributed by atoms with van der Waals surface area (Å²) in [5.41, 5.74) is 1.59. The highest BCUT2D eigenvalue weighted by Crippen LogP contribution is 2.30. The molecule has 102 valence electrons. The zero-order valence-corrected chi connectivity index (χ0v) is 12.7. The summed E-state index contributed by atoms with van der Waals surface area (Å²) in [6.07, 6.45) is -0.277. The molecule has 3 aromatic rings. The number of para-hydroxylation sites is 1. The fourth-order valence-corrected chi connectivity index (χ4v) is 3.48. The van der Waals surface area contributed by atoms with Gasteiger partial charge in [-0.3, -0.25) is 0 Å². The van der Waals surface area contributed by atoms with Crippen LogP contribution in [0.1, 0.15) is 16.7 Å². The Hall–Kier alpha value is -1.13. The van der Waals surface area contributed by atoms with Crippen LogP contribution in [-0.2, 0) is 6.42 Å². The van der Waals surface area contributed by atoms with Gasteiger partial charge in [0.2, 0.25) is 0 Å². The van der Waals surface area contributed by atoms with Gasteiger partial charge in [-0.05, 0) is 30.3 Å². The lowest BCUT2D eigenvalue weighted by Gasteiger charge is -2.11. The van der Waals surface area contributed by atoms with E-state index in [0.29, 0.717) is 22.0 Å². The van der Waals surface area contributed by atoms with Crippen molar-refractivity contribution in [3.05, 3.63) is 63.1 Å². The Bertz CT molecular complexity index is 723. The van der Waals surface area contributed by atoms with Gasteiger partial charge < -0.3 is 5.11 Å². The first-order chi connectivity index (χ1) is 9.63. The Balaban J connectivity index is 1.88. The number of aliphatic hydroxyl groups excluding tert-OH is 1. The summed E-state index contributed by atoms with van der Waals surface area (Å²) in [6, 6.07) is 13.0. The second kappa shape index (κ2) is 5.70. The second-order valence-electron chi connectivity index (χ2n) is 4.46. The van der Waals surface area contributed by atoms with Gasteiger partial charge in [0.05, 0.1) is 21.3 Å². The summed E-state index contributed by atoms with van der Waals surface area (Å²) in [5, 5.41) is 12.3. The number of aliphatic hydroxyl groups is 1. The van der Waals surface area contributed by atoms with Crippen molar-refractivity contribution in [2.24, 2.45) is 0 Å². The Morgan fingerprint density at radius 3 is 2.75 bits per heavy atom. The molecule has 1 aromatic heterocycles. The topological polar surface area (TPSA) is 33.1 Å². The van der Waals surface area contributed by atoms with E-state index in [4.69, 9.17) is 23.2 Å². The fourth-order valence-electron chi connectivity index (χ4n) is 2.05. The largest absolute Gasteiger partial charge is 0.388 e. The number of halogens is 2. The molecule has 1 heterocycles. The Morgan fingerprint density at radius 1 is 1.15 bits per heavy atom. The molecule has 0 spiro atoms. The van der Waals surface area contributed by atoms with Crippen LogP contribution in [0.3, 0.4) is 0 Å². The standard InChI is InChI=1S/C15H11Cl2NOS/c16-9-5-6-11(17)10(7-9)13(19)8-15-18-12-3-1-2-4-14(12)20-15/h1-7,13,19H,8H2. The minimum atomic E-state index is -0.707. The highest BCUT2D eigenvalue weighted by Gasteiger charge is 2.15. The molecule has 5 heteroatoms. The molecule has 1 N–H and O–H groups in total. The molecule has 0 saturated carbocycles. The number of hydrogen-bond donors (Lipinski definition) is 1. The average Bonchev–Trinajstić information content (AvgIpc) is 2.83. The van der Waals surface area contributed by atoms with Crippen LogP contribution >= 0.6 is 34.5 Å². The van der Waals surface area contributed by atoms with Crippen LogP contribution in [0.5, 0.6) is 0 Å². The number of fused-ring (bicyclic) bond motifs is 1. The Labute approximate surface area is 130 Å². The van der Waals surface area contributed by atoms with Crippen LogP contribution in [-0.4, -0.2) is 10.1 Å². The third kappa shape index (κ3) is 2.81. The van der Waals surface area contributed by atoms with Gasteiger partial charge in [0.1, 0.15) is 0 Å². The van der Waals surface area contributed by atoms with E-state index in [1.165, 1.54) is 0 Å². The van der Waals surface area contributed by atoms with Crippen LogP contribution < -0.4 is 0 Å². The molecule has 0 bridgehead atoms. The first-order valence-electron chi connectivity index (χ1n) is 6.11. The summed E-state index contributed by atoms with van der Waals surface area (Å²) in [4.78, 5) is 4.51. The quantitative estimate of drug-likeness (QED) is 0.745. The molecule has 0 saturated heterocycles.